The van der Waals surface area contributed by atoms with E-state index in [9.17, 15) is 32.0 Å². The van der Waals surface area contributed by atoms with Crippen molar-refractivity contribution in [1.29, 1.82) is 0 Å². The number of ether oxygens (including phenoxy) is 3. The monoisotopic (exact) mass is 833 g/mol. The molecular weight excluding hydrogens is 770 g/mol. The highest BCUT2D eigenvalue weighted by Crippen LogP contribution is 2.46. The average molecular weight is 834 g/mol. The summed E-state index contributed by atoms with van der Waals surface area (Å²) in [5.41, 5.74) is -0.193. The number of amides is 4. The van der Waals surface area contributed by atoms with E-state index in [1.54, 1.807) is 38.5 Å². The van der Waals surface area contributed by atoms with Crippen molar-refractivity contribution in [3.8, 4) is 0 Å². The van der Waals surface area contributed by atoms with Crippen LogP contribution in [-0.2, 0) is 58.1 Å². The number of methoxy groups -OCH3 is 1. The third kappa shape index (κ3) is 11.0. The fourth-order valence-corrected chi connectivity index (χ4v) is 8.62. The van der Waals surface area contributed by atoms with Gasteiger partial charge in [-0.15, -0.1) is 0 Å². The van der Waals surface area contributed by atoms with Crippen molar-refractivity contribution in [1.82, 2.24) is 25.2 Å². The molecule has 2 aromatic rings. The lowest BCUT2D eigenvalue weighted by Gasteiger charge is -2.30. The van der Waals surface area contributed by atoms with Gasteiger partial charge in [0, 0.05) is 42.9 Å². The summed E-state index contributed by atoms with van der Waals surface area (Å²) in [5.74, 6) is -2.83. The van der Waals surface area contributed by atoms with Gasteiger partial charge in [-0.1, -0.05) is 56.2 Å². The normalized spacial score (nSPS) is 25.4. The van der Waals surface area contributed by atoms with Crippen molar-refractivity contribution in [3.63, 3.8) is 0 Å². The van der Waals surface area contributed by atoms with Crippen LogP contribution in [0.2, 0.25) is 0 Å². The van der Waals surface area contributed by atoms with Gasteiger partial charge in [-0.05, 0) is 82.2 Å². The largest absolute Gasteiger partial charge is 0.444 e. The Hall–Kier alpha value is -4.38. The Bertz CT molecular complexity index is 1970. The summed E-state index contributed by atoms with van der Waals surface area (Å²) in [7, 11) is -1.04. The summed E-state index contributed by atoms with van der Waals surface area (Å²) < 4.78 is 59.6. The zero-order valence-electron chi connectivity index (χ0n) is 34.3. The number of nitrogens with one attached hydrogen (secondary N) is 3. The Labute approximate surface area is 345 Å². The minimum atomic E-state index is -4.29. The van der Waals surface area contributed by atoms with E-state index in [0.29, 0.717) is 30.4 Å². The number of hydrogen-bond donors (Lipinski definition) is 3. The van der Waals surface area contributed by atoms with Gasteiger partial charge in [0.05, 0.1) is 36.4 Å². The molecule has 14 nitrogen and oxygen atoms in total. The maximum atomic E-state index is 14.5. The van der Waals surface area contributed by atoms with Crippen LogP contribution in [0.3, 0.4) is 0 Å². The van der Waals surface area contributed by atoms with E-state index in [4.69, 9.17) is 9.47 Å². The third-order valence-electron chi connectivity index (χ3n) is 10.8. The SMILES string of the molecule is CCc1cccc(S(=O)(=O)NC(=O)[C@@]23C[C@H]2/C=C\CCCCC[C@H](NCOC(C)(C)C)C(=O)N2C[C@H](OC(=O)N4Cc5cccc(F)c5C4)C[C@H]2C(=O)N3)c1.COC.[HH].[HH].[HH]. The van der Waals surface area contributed by atoms with Crippen LogP contribution in [0.15, 0.2) is 59.5 Å². The van der Waals surface area contributed by atoms with Crippen LogP contribution in [0.5, 0.6) is 0 Å². The quantitative estimate of drug-likeness (QED) is 0.230. The summed E-state index contributed by atoms with van der Waals surface area (Å²) in [6.45, 7) is 7.76. The molecule has 4 aliphatic rings. The van der Waals surface area contributed by atoms with Crippen molar-refractivity contribution in [3.05, 3.63) is 77.1 Å². The van der Waals surface area contributed by atoms with E-state index in [0.717, 1.165) is 24.8 Å². The van der Waals surface area contributed by atoms with E-state index in [2.05, 4.69) is 20.1 Å². The Morgan fingerprint density at radius 3 is 2.52 bits per heavy atom. The zero-order valence-corrected chi connectivity index (χ0v) is 35.2. The minimum Gasteiger partial charge on any atom is -0.444 e. The van der Waals surface area contributed by atoms with E-state index in [1.165, 1.54) is 28.0 Å². The smallest absolute Gasteiger partial charge is 0.410 e. The average Bonchev–Trinajstić information content (AvgIpc) is 3.46. The van der Waals surface area contributed by atoms with Gasteiger partial charge < -0.3 is 24.4 Å². The number of allylic oxidation sites excluding steroid dienone is 1. The lowest BCUT2D eigenvalue weighted by atomic mass is 10.1. The van der Waals surface area contributed by atoms with E-state index < -0.39 is 69.0 Å². The number of carbonyl (C=O) groups is 4. The number of halogens is 1. The summed E-state index contributed by atoms with van der Waals surface area (Å²) in [4.78, 5) is 58.9. The van der Waals surface area contributed by atoms with Gasteiger partial charge in [-0.2, -0.15) is 0 Å². The van der Waals surface area contributed by atoms with Crippen LogP contribution in [0, 0.1) is 11.7 Å². The summed E-state index contributed by atoms with van der Waals surface area (Å²) in [5, 5.41) is 6.07. The van der Waals surface area contributed by atoms with Crippen molar-refractivity contribution in [2.45, 2.75) is 126 Å². The highest BCUT2D eigenvalue weighted by atomic mass is 32.2. The molecule has 4 amide bonds. The molecule has 3 heterocycles. The minimum absolute atomic E-state index is 0. The molecule has 1 aliphatic carbocycles. The Kier molecular flexibility index (Phi) is 14.7. The first-order chi connectivity index (χ1) is 27.5. The second kappa shape index (κ2) is 19.1. The molecule has 1 saturated carbocycles. The summed E-state index contributed by atoms with van der Waals surface area (Å²) in [6.07, 6.45) is 6.42. The lowest BCUT2D eigenvalue weighted by molar-refractivity contribution is -0.142. The van der Waals surface area contributed by atoms with Gasteiger partial charge in [-0.25, -0.2) is 22.3 Å². The first kappa shape index (κ1) is 44.7. The number of sulfonamides is 1. The predicted octanol–water partition coefficient (Wildman–Crippen LogP) is 5.44. The molecule has 16 heteroatoms. The molecule has 1 saturated heterocycles. The van der Waals surface area contributed by atoms with Crippen molar-refractivity contribution in [2.75, 3.05) is 27.5 Å². The first-order valence-electron chi connectivity index (χ1n) is 20.0. The maximum Gasteiger partial charge on any atom is 0.410 e. The van der Waals surface area contributed by atoms with Crippen molar-refractivity contribution < 1.29 is 50.5 Å². The molecule has 324 valence electrons. The van der Waals surface area contributed by atoms with Crippen LogP contribution in [0.4, 0.5) is 9.18 Å². The summed E-state index contributed by atoms with van der Waals surface area (Å²) in [6, 6.07) is 9.11. The molecule has 0 aromatic heterocycles. The molecule has 0 unspecified atom stereocenters. The van der Waals surface area contributed by atoms with Crippen molar-refractivity contribution >= 4 is 33.8 Å². The molecular formula is C42H64FN5O9S. The maximum absolute atomic E-state index is 14.5. The standard InChI is InChI=1S/C40H52FN5O8S.C2H6O.3H2/c1-5-26-13-11-16-30(19-26)55(51,52)44-37(49)40-21-28(40)15-9-7-6-8-10-18-33(42-25-53-39(2,3)4)36(48)46-23-29(20-34(46)35(47)43-40)54-38(50)45-22-27-14-12-17-32(41)31(27)24-45;1-3-2;;;/h9,11-17,19,28-29,33-34,42H,5-8,10,18,20-25H2,1-4H3,(H,43,47)(H,44,49);1-2H3;3*1H/b15-9-;;;;/t28-,29-,33+,34+,40-;;;;/m1..../s1. The fourth-order valence-electron chi connectivity index (χ4n) is 7.51. The highest BCUT2D eigenvalue weighted by molar-refractivity contribution is 7.90. The van der Waals surface area contributed by atoms with Gasteiger partial charge >= 0.3 is 6.09 Å². The molecule has 5 atom stereocenters. The molecule has 3 N–H and O–H groups in total. The van der Waals surface area contributed by atoms with Crippen LogP contribution in [-0.4, -0.2) is 98.9 Å². The lowest BCUT2D eigenvalue weighted by Crippen LogP contribution is -2.58. The molecule has 58 heavy (non-hydrogen) atoms. The van der Waals surface area contributed by atoms with Gasteiger partial charge in [0.15, 0.2) is 0 Å². The number of benzene rings is 2. The van der Waals surface area contributed by atoms with E-state index in [1.807, 2.05) is 39.8 Å². The molecule has 6 rings (SSSR count). The summed E-state index contributed by atoms with van der Waals surface area (Å²) >= 11 is 0. The van der Waals surface area contributed by atoms with Gasteiger partial charge in [0.1, 0.15) is 23.5 Å². The third-order valence-corrected chi connectivity index (χ3v) is 12.1. The van der Waals surface area contributed by atoms with Gasteiger partial charge in [-0.3, -0.25) is 24.6 Å². The molecule has 3 aliphatic heterocycles. The van der Waals surface area contributed by atoms with Gasteiger partial charge in [0.25, 0.3) is 15.9 Å². The molecule has 0 bridgehead atoms. The molecule has 2 fully saturated rings. The predicted molar refractivity (Wildman–Crippen MR) is 220 cm³/mol. The number of nitrogens with zero attached hydrogens (tertiary/aromatic N) is 2. The zero-order chi connectivity index (χ0) is 42.3. The number of carbonyl (C=O) groups excluding carboxylic acids is 4. The van der Waals surface area contributed by atoms with E-state index >= 15 is 0 Å². The van der Waals surface area contributed by atoms with Crippen molar-refractivity contribution in [2.24, 2.45) is 5.92 Å². The number of fused-ring (bicyclic) bond motifs is 3. The Morgan fingerprint density at radius 1 is 1.07 bits per heavy atom. The Morgan fingerprint density at radius 2 is 1.81 bits per heavy atom. The van der Waals surface area contributed by atoms with E-state index in [-0.39, 0.29) is 54.3 Å². The second-order valence-electron chi connectivity index (χ2n) is 16.3. The van der Waals surface area contributed by atoms with Crippen LogP contribution in [0.1, 0.15) is 93.6 Å². The molecule has 2 aromatic carbocycles. The van der Waals surface area contributed by atoms with Crippen LogP contribution < -0.4 is 15.4 Å². The number of hydrogen-bond acceptors (Lipinski definition) is 10. The van der Waals surface area contributed by atoms with Crippen LogP contribution in [0.25, 0.3) is 0 Å². The second-order valence-corrected chi connectivity index (χ2v) is 18.0. The topological polar surface area (TPSA) is 173 Å². The first-order valence-corrected chi connectivity index (χ1v) is 21.4. The molecule has 0 spiro atoms. The van der Waals surface area contributed by atoms with Gasteiger partial charge in [0.2, 0.25) is 11.8 Å². The van der Waals surface area contributed by atoms with Crippen LogP contribution >= 0.6 is 0 Å². The number of rotatable bonds is 8. The highest BCUT2D eigenvalue weighted by Gasteiger charge is 2.61. The molecule has 0 radical (unpaired) electrons. The number of aryl methyl sites for hydroxylation is 1. The fraction of sp³-hybridized carbons (Fsp3) is 0.571. The Balaban J connectivity index is 0.00000207.